The molecule has 3 unspecified atom stereocenters. The van der Waals surface area contributed by atoms with Gasteiger partial charge in [0.2, 0.25) is 0 Å². The van der Waals surface area contributed by atoms with E-state index < -0.39 is 0 Å². The van der Waals surface area contributed by atoms with Gasteiger partial charge in [-0.2, -0.15) is 0 Å². The lowest BCUT2D eigenvalue weighted by Gasteiger charge is -2.22. The van der Waals surface area contributed by atoms with E-state index in [1.54, 1.807) is 6.42 Å². The van der Waals surface area contributed by atoms with Gasteiger partial charge in [-0.15, -0.1) is 0 Å². The fourth-order valence-corrected chi connectivity index (χ4v) is 3.24. The Morgan fingerprint density at radius 2 is 2.23 bits per heavy atom. The van der Waals surface area contributed by atoms with Crippen molar-refractivity contribution in [3.05, 3.63) is 11.6 Å². The Kier molecular flexibility index (Phi) is 1.78. The van der Waals surface area contributed by atoms with Crippen LogP contribution in [0.2, 0.25) is 0 Å². The summed E-state index contributed by atoms with van der Waals surface area (Å²) in [4.78, 5) is 0. The Morgan fingerprint density at radius 1 is 1.38 bits per heavy atom. The van der Waals surface area contributed by atoms with Crippen molar-refractivity contribution in [2.24, 2.45) is 23.7 Å². The van der Waals surface area contributed by atoms with Crippen LogP contribution in [0.5, 0.6) is 0 Å². The Bertz CT molecular complexity index is 230. The first-order valence-electron chi connectivity index (χ1n) is 6.10. The molecule has 0 aromatic heterocycles. The minimum atomic E-state index is 0.953. The molecule has 3 rings (SSSR count). The van der Waals surface area contributed by atoms with Gasteiger partial charge >= 0.3 is 0 Å². The van der Waals surface area contributed by atoms with Crippen molar-refractivity contribution in [1.29, 1.82) is 0 Å². The summed E-state index contributed by atoms with van der Waals surface area (Å²) in [6.07, 6.45) is 11.4. The molecule has 0 saturated heterocycles. The second kappa shape index (κ2) is 2.87. The lowest BCUT2D eigenvalue weighted by molar-refractivity contribution is 0.470. The average molecular weight is 176 g/mol. The molecule has 0 nitrogen and oxygen atoms in total. The molecule has 3 aliphatic rings. The highest BCUT2D eigenvalue weighted by Gasteiger charge is 2.64. The SMILES string of the molecule is CCCC1C=C(C2C3CC32)CCC1. The van der Waals surface area contributed by atoms with Crippen molar-refractivity contribution in [2.45, 2.75) is 45.4 Å². The van der Waals surface area contributed by atoms with E-state index in [4.69, 9.17) is 0 Å². The van der Waals surface area contributed by atoms with Crippen molar-refractivity contribution >= 4 is 0 Å². The summed E-state index contributed by atoms with van der Waals surface area (Å²) in [5, 5.41) is 0. The molecule has 3 atom stereocenters. The highest BCUT2D eigenvalue weighted by Crippen LogP contribution is 2.71. The van der Waals surface area contributed by atoms with Crippen LogP contribution in [0.1, 0.15) is 45.4 Å². The van der Waals surface area contributed by atoms with Crippen LogP contribution < -0.4 is 0 Å². The third-order valence-corrected chi connectivity index (χ3v) is 4.25. The second-order valence-corrected chi connectivity index (χ2v) is 5.27. The van der Waals surface area contributed by atoms with Crippen LogP contribution in [-0.2, 0) is 0 Å². The normalized spacial score (nSPS) is 46.7. The van der Waals surface area contributed by atoms with E-state index in [0.29, 0.717) is 0 Å². The highest BCUT2D eigenvalue weighted by atomic mass is 14.7. The van der Waals surface area contributed by atoms with Crippen molar-refractivity contribution < 1.29 is 0 Å². The van der Waals surface area contributed by atoms with Crippen LogP contribution in [0.25, 0.3) is 0 Å². The van der Waals surface area contributed by atoms with E-state index in [1.807, 2.05) is 5.57 Å². The molecule has 0 spiro atoms. The van der Waals surface area contributed by atoms with Gasteiger partial charge < -0.3 is 0 Å². The van der Waals surface area contributed by atoms with E-state index in [-0.39, 0.29) is 0 Å². The van der Waals surface area contributed by atoms with Gasteiger partial charge in [-0.05, 0) is 55.8 Å². The first-order chi connectivity index (χ1) is 6.40. The summed E-state index contributed by atoms with van der Waals surface area (Å²) in [5.74, 6) is 4.40. The Hall–Kier alpha value is -0.260. The Morgan fingerprint density at radius 3 is 2.85 bits per heavy atom. The van der Waals surface area contributed by atoms with Crippen LogP contribution in [-0.4, -0.2) is 0 Å². The summed E-state index contributed by atoms with van der Waals surface area (Å²) < 4.78 is 0. The van der Waals surface area contributed by atoms with Gasteiger partial charge in [0.1, 0.15) is 0 Å². The zero-order valence-electron chi connectivity index (χ0n) is 8.63. The fourth-order valence-electron chi connectivity index (χ4n) is 3.24. The molecule has 13 heavy (non-hydrogen) atoms. The monoisotopic (exact) mass is 176 g/mol. The summed E-state index contributed by atoms with van der Waals surface area (Å²) in [6.45, 7) is 2.32. The standard InChI is InChI=1S/C13H20/c1-2-4-9-5-3-6-10(7-9)13-11-8-12(11)13/h7,9,11-13H,2-6,8H2,1H3. The molecule has 0 heterocycles. The molecule has 0 aromatic rings. The molecule has 2 fully saturated rings. The molecular weight excluding hydrogens is 156 g/mol. The minimum absolute atomic E-state index is 0.953. The van der Waals surface area contributed by atoms with Gasteiger partial charge in [0.05, 0.1) is 0 Å². The van der Waals surface area contributed by atoms with Crippen LogP contribution in [0.4, 0.5) is 0 Å². The van der Waals surface area contributed by atoms with Gasteiger partial charge in [-0.1, -0.05) is 25.0 Å². The van der Waals surface area contributed by atoms with Crippen molar-refractivity contribution in [2.75, 3.05) is 0 Å². The molecule has 0 amide bonds. The number of fused-ring (bicyclic) bond motifs is 1. The maximum atomic E-state index is 2.66. The van der Waals surface area contributed by atoms with Crippen LogP contribution in [0.3, 0.4) is 0 Å². The molecular formula is C13H20. The zero-order chi connectivity index (χ0) is 8.84. The van der Waals surface area contributed by atoms with Gasteiger partial charge in [0, 0.05) is 0 Å². The van der Waals surface area contributed by atoms with E-state index >= 15 is 0 Å². The molecule has 0 aromatic carbocycles. The predicted molar refractivity (Wildman–Crippen MR) is 55.4 cm³/mol. The largest absolute Gasteiger partial charge is 0.0819 e. The molecule has 2 saturated carbocycles. The van der Waals surface area contributed by atoms with E-state index in [0.717, 1.165) is 11.8 Å². The summed E-state index contributed by atoms with van der Waals surface area (Å²) in [6, 6.07) is 0. The fraction of sp³-hybridized carbons (Fsp3) is 0.846. The molecule has 72 valence electrons. The Balaban J connectivity index is 1.65. The van der Waals surface area contributed by atoms with Crippen LogP contribution in [0.15, 0.2) is 11.6 Å². The lowest BCUT2D eigenvalue weighted by atomic mass is 9.84. The molecule has 0 aliphatic heterocycles. The number of hydrogen-bond donors (Lipinski definition) is 0. The Labute approximate surface area is 81.4 Å². The number of rotatable bonds is 3. The van der Waals surface area contributed by atoms with Gasteiger partial charge in [0.25, 0.3) is 0 Å². The van der Waals surface area contributed by atoms with Gasteiger partial charge in [0.15, 0.2) is 0 Å². The first kappa shape index (κ1) is 8.08. The van der Waals surface area contributed by atoms with E-state index in [2.05, 4.69) is 13.0 Å². The molecule has 0 heteroatoms. The quantitative estimate of drug-likeness (QED) is 0.574. The van der Waals surface area contributed by atoms with Crippen molar-refractivity contribution in [3.63, 3.8) is 0 Å². The summed E-state index contributed by atoms with van der Waals surface area (Å²) >= 11 is 0. The van der Waals surface area contributed by atoms with E-state index in [9.17, 15) is 0 Å². The number of hydrogen-bond acceptors (Lipinski definition) is 0. The maximum absolute atomic E-state index is 2.66. The molecule has 0 radical (unpaired) electrons. The smallest absolute Gasteiger partial charge is 0.0140 e. The zero-order valence-corrected chi connectivity index (χ0v) is 8.63. The number of allylic oxidation sites excluding steroid dienone is 2. The summed E-state index contributed by atoms with van der Waals surface area (Å²) in [7, 11) is 0. The van der Waals surface area contributed by atoms with Crippen LogP contribution >= 0.6 is 0 Å². The molecule has 0 N–H and O–H groups in total. The lowest BCUT2D eigenvalue weighted by Crippen LogP contribution is -2.07. The molecule has 0 bridgehead atoms. The topological polar surface area (TPSA) is 0 Å². The van der Waals surface area contributed by atoms with Crippen LogP contribution in [0, 0.1) is 23.7 Å². The predicted octanol–water partition coefficient (Wildman–Crippen LogP) is 3.78. The highest BCUT2D eigenvalue weighted by molar-refractivity contribution is 5.29. The summed E-state index contributed by atoms with van der Waals surface area (Å²) in [5.41, 5.74) is 1.87. The van der Waals surface area contributed by atoms with Gasteiger partial charge in [-0.3, -0.25) is 0 Å². The second-order valence-electron chi connectivity index (χ2n) is 5.27. The van der Waals surface area contributed by atoms with Crippen molar-refractivity contribution in [3.8, 4) is 0 Å². The molecule has 3 aliphatic carbocycles. The third kappa shape index (κ3) is 1.35. The average Bonchev–Trinajstić information content (AvgIpc) is 2.93. The van der Waals surface area contributed by atoms with Crippen molar-refractivity contribution in [1.82, 2.24) is 0 Å². The van der Waals surface area contributed by atoms with E-state index in [1.165, 1.54) is 43.9 Å². The first-order valence-corrected chi connectivity index (χ1v) is 6.10. The maximum Gasteiger partial charge on any atom is -0.0140 e. The third-order valence-electron chi connectivity index (χ3n) is 4.25. The van der Waals surface area contributed by atoms with Gasteiger partial charge in [-0.25, -0.2) is 0 Å². The minimum Gasteiger partial charge on any atom is -0.0819 e.